The summed E-state index contributed by atoms with van der Waals surface area (Å²) in [5, 5.41) is 5.18. The van der Waals surface area contributed by atoms with Gasteiger partial charge in [-0.2, -0.15) is 5.10 Å². The second kappa shape index (κ2) is 10.4. The molecule has 0 radical (unpaired) electrons. The Balaban J connectivity index is 1.37. The molecule has 7 nitrogen and oxygen atoms in total. The first-order valence-corrected chi connectivity index (χ1v) is 11.2. The monoisotopic (exact) mass is 494 g/mol. The predicted octanol–water partition coefficient (Wildman–Crippen LogP) is 5.56. The molecule has 0 saturated heterocycles. The van der Waals surface area contributed by atoms with Crippen molar-refractivity contribution in [2.45, 2.75) is 0 Å². The van der Waals surface area contributed by atoms with Gasteiger partial charge in [0.15, 0.2) is 11.5 Å². The number of ether oxygens (including phenoxy) is 3. The number of benzene rings is 3. The summed E-state index contributed by atoms with van der Waals surface area (Å²) < 4.78 is 16.7. The number of fused-ring (bicyclic) bond motifs is 1. The molecule has 1 N–H and O–H groups in total. The fourth-order valence-corrected chi connectivity index (χ4v) is 4.51. The highest BCUT2D eigenvalue weighted by molar-refractivity contribution is 7.21. The Bertz CT molecular complexity index is 1380. The molecule has 0 unspecified atom stereocenters. The van der Waals surface area contributed by atoms with E-state index in [0.717, 1.165) is 10.1 Å². The first kappa shape index (κ1) is 23.3. The van der Waals surface area contributed by atoms with Crippen LogP contribution in [0.25, 0.3) is 10.1 Å². The summed E-state index contributed by atoms with van der Waals surface area (Å²) >= 11 is 7.63. The molecule has 0 spiro atoms. The third-order valence-electron chi connectivity index (χ3n) is 4.84. The first-order valence-electron chi connectivity index (χ1n) is 10.0. The maximum atomic E-state index is 12.6. The van der Waals surface area contributed by atoms with Gasteiger partial charge in [0.1, 0.15) is 10.6 Å². The van der Waals surface area contributed by atoms with Crippen LogP contribution >= 0.6 is 22.9 Å². The van der Waals surface area contributed by atoms with E-state index in [1.54, 1.807) is 42.5 Å². The molecule has 0 aliphatic carbocycles. The Morgan fingerprint density at radius 3 is 2.41 bits per heavy atom. The molecule has 0 bridgehead atoms. The molecule has 0 aliphatic rings. The zero-order valence-corrected chi connectivity index (χ0v) is 19.8. The maximum absolute atomic E-state index is 12.6. The molecule has 0 saturated carbocycles. The number of amides is 1. The lowest BCUT2D eigenvalue weighted by Gasteiger charge is -2.08. The van der Waals surface area contributed by atoms with Crippen LogP contribution in [0.4, 0.5) is 0 Å². The van der Waals surface area contributed by atoms with Crippen LogP contribution in [0.2, 0.25) is 5.02 Å². The number of carbonyl (C=O) groups is 2. The zero-order valence-electron chi connectivity index (χ0n) is 18.2. The molecule has 3 aromatic carbocycles. The van der Waals surface area contributed by atoms with Crippen molar-refractivity contribution in [1.82, 2.24) is 5.43 Å². The number of hydrogen-bond donors (Lipinski definition) is 1. The Kier molecular flexibility index (Phi) is 7.10. The van der Waals surface area contributed by atoms with Crippen LogP contribution in [0.1, 0.15) is 25.6 Å². The largest absolute Gasteiger partial charge is 0.493 e. The molecule has 4 aromatic rings. The second-order valence-corrected chi connectivity index (χ2v) is 8.40. The van der Waals surface area contributed by atoms with Crippen molar-refractivity contribution in [3.05, 3.63) is 87.8 Å². The summed E-state index contributed by atoms with van der Waals surface area (Å²) in [5.41, 5.74) is 3.53. The van der Waals surface area contributed by atoms with Gasteiger partial charge in [0.2, 0.25) is 0 Å². The van der Waals surface area contributed by atoms with E-state index in [2.05, 4.69) is 10.5 Å². The number of esters is 1. The quantitative estimate of drug-likeness (QED) is 0.157. The van der Waals surface area contributed by atoms with Crippen LogP contribution in [0.15, 0.2) is 71.8 Å². The van der Waals surface area contributed by atoms with Gasteiger partial charge in [0.05, 0.1) is 25.5 Å². The number of rotatable bonds is 7. The number of nitrogens with zero attached hydrogens (tertiary/aromatic N) is 1. The van der Waals surface area contributed by atoms with Gasteiger partial charge in [-0.3, -0.25) is 4.79 Å². The molecule has 1 aromatic heterocycles. The van der Waals surface area contributed by atoms with E-state index >= 15 is 0 Å². The van der Waals surface area contributed by atoms with Gasteiger partial charge in [-0.1, -0.05) is 29.8 Å². The SMILES string of the molecule is COc1ccc(C(=O)N/N=C\c2ccc(OC(=O)c3sc4ccccc4c3Cl)cc2)cc1OC. The second-order valence-electron chi connectivity index (χ2n) is 6.97. The van der Waals surface area contributed by atoms with Gasteiger partial charge in [0, 0.05) is 15.6 Å². The third-order valence-corrected chi connectivity index (χ3v) is 6.49. The van der Waals surface area contributed by atoms with Gasteiger partial charge in [-0.25, -0.2) is 10.2 Å². The number of nitrogens with one attached hydrogen (secondary N) is 1. The van der Waals surface area contributed by atoms with E-state index in [9.17, 15) is 9.59 Å². The molecule has 9 heteroatoms. The van der Waals surface area contributed by atoms with Crippen molar-refractivity contribution in [2.24, 2.45) is 5.10 Å². The van der Waals surface area contributed by atoms with E-state index < -0.39 is 11.9 Å². The highest BCUT2D eigenvalue weighted by atomic mass is 35.5. The Labute approximate surface area is 204 Å². The Morgan fingerprint density at radius 1 is 0.971 bits per heavy atom. The van der Waals surface area contributed by atoms with Crippen molar-refractivity contribution >= 4 is 51.1 Å². The normalized spacial score (nSPS) is 10.9. The van der Waals surface area contributed by atoms with Crippen LogP contribution in [0, 0.1) is 0 Å². The molecule has 0 aliphatic heterocycles. The summed E-state index contributed by atoms with van der Waals surface area (Å²) in [7, 11) is 3.02. The average molecular weight is 495 g/mol. The standard InChI is InChI=1S/C25H19ClN2O5S/c1-31-19-12-9-16(13-20(19)32-2)24(29)28-27-14-15-7-10-17(11-8-15)33-25(30)23-22(26)18-5-3-4-6-21(18)34-23/h3-14H,1-2H3,(H,28,29)/b27-14-. The number of thiophene rings is 1. The van der Waals surface area contributed by atoms with Crippen LogP contribution in [0.5, 0.6) is 17.2 Å². The van der Waals surface area contributed by atoms with Crippen molar-refractivity contribution < 1.29 is 23.8 Å². The Morgan fingerprint density at radius 2 is 1.71 bits per heavy atom. The zero-order chi connectivity index (χ0) is 24.1. The lowest BCUT2D eigenvalue weighted by atomic mass is 10.2. The maximum Gasteiger partial charge on any atom is 0.355 e. The van der Waals surface area contributed by atoms with Crippen molar-refractivity contribution in [3.63, 3.8) is 0 Å². The minimum absolute atomic E-state index is 0.353. The van der Waals surface area contributed by atoms with Crippen molar-refractivity contribution in [1.29, 1.82) is 0 Å². The summed E-state index contributed by atoms with van der Waals surface area (Å²) in [6.45, 7) is 0. The fourth-order valence-electron chi connectivity index (χ4n) is 3.13. The average Bonchev–Trinajstić information content (AvgIpc) is 3.21. The lowest BCUT2D eigenvalue weighted by Crippen LogP contribution is -2.17. The number of methoxy groups -OCH3 is 2. The molecule has 4 rings (SSSR count). The van der Waals surface area contributed by atoms with Crippen LogP contribution in [-0.4, -0.2) is 32.3 Å². The summed E-state index contributed by atoms with van der Waals surface area (Å²) in [4.78, 5) is 25.2. The van der Waals surface area contributed by atoms with E-state index in [1.807, 2.05) is 24.3 Å². The van der Waals surface area contributed by atoms with E-state index in [0.29, 0.717) is 38.3 Å². The van der Waals surface area contributed by atoms with E-state index in [4.69, 9.17) is 25.8 Å². The molecule has 0 atom stereocenters. The molecule has 34 heavy (non-hydrogen) atoms. The first-order chi connectivity index (χ1) is 16.5. The molecule has 1 heterocycles. The van der Waals surface area contributed by atoms with Gasteiger partial charge < -0.3 is 14.2 Å². The highest BCUT2D eigenvalue weighted by Gasteiger charge is 2.19. The van der Waals surface area contributed by atoms with Crippen molar-refractivity contribution in [2.75, 3.05) is 14.2 Å². The van der Waals surface area contributed by atoms with Gasteiger partial charge in [0.25, 0.3) is 5.91 Å². The topological polar surface area (TPSA) is 86.2 Å². The van der Waals surface area contributed by atoms with Crippen LogP contribution in [0.3, 0.4) is 0 Å². The van der Waals surface area contributed by atoms with Gasteiger partial charge in [-0.15, -0.1) is 11.3 Å². The van der Waals surface area contributed by atoms with Gasteiger partial charge >= 0.3 is 5.97 Å². The number of halogens is 1. The summed E-state index contributed by atoms with van der Waals surface area (Å²) in [6.07, 6.45) is 1.48. The third kappa shape index (κ3) is 5.03. The lowest BCUT2D eigenvalue weighted by molar-refractivity contribution is 0.0739. The predicted molar refractivity (Wildman–Crippen MR) is 133 cm³/mol. The molecular weight excluding hydrogens is 476 g/mol. The molecular formula is C25H19ClN2O5S. The van der Waals surface area contributed by atoms with E-state index in [1.165, 1.54) is 31.8 Å². The van der Waals surface area contributed by atoms with Crippen LogP contribution < -0.4 is 19.6 Å². The number of hydrazone groups is 1. The smallest absolute Gasteiger partial charge is 0.355 e. The molecule has 0 fully saturated rings. The van der Waals surface area contributed by atoms with Crippen LogP contribution in [-0.2, 0) is 0 Å². The van der Waals surface area contributed by atoms with Crippen molar-refractivity contribution in [3.8, 4) is 17.2 Å². The number of carbonyl (C=O) groups excluding carboxylic acids is 2. The highest BCUT2D eigenvalue weighted by Crippen LogP contribution is 2.35. The van der Waals surface area contributed by atoms with E-state index in [-0.39, 0.29) is 0 Å². The molecule has 172 valence electrons. The number of hydrogen-bond acceptors (Lipinski definition) is 7. The summed E-state index contributed by atoms with van der Waals surface area (Å²) in [5.74, 6) is 0.418. The fraction of sp³-hybridized carbons (Fsp3) is 0.0800. The minimum atomic E-state index is -0.519. The van der Waals surface area contributed by atoms with Gasteiger partial charge in [-0.05, 0) is 54.1 Å². The minimum Gasteiger partial charge on any atom is -0.493 e. The molecule has 1 amide bonds. The summed E-state index contributed by atoms with van der Waals surface area (Å²) in [6, 6.07) is 19.0. The Hall–Kier alpha value is -3.88.